The van der Waals surface area contributed by atoms with E-state index in [9.17, 15) is 0 Å². The van der Waals surface area contributed by atoms with E-state index < -0.39 is 0 Å². The maximum atomic E-state index is 5.58. The highest BCUT2D eigenvalue weighted by atomic mass is 35.5. The van der Waals surface area contributed by atoms with E-state index in [2.05, 4.69) is 52.4 Å². The second kappa shape index (κ2) is 9.38. The minimum atomic E-state index is 0. The third kappa shape index (κ3) is 4.36. The summed E-state index contributed by atoms with van der Waals surface area (Å²) in [7, 11) is 0. The van der Waals surface area contributed by atoms with Crippen molar-refractivity contribution in [1.29, 1.82) is 0 Å². The molecule has 0 bridgehead atoms. The number of unbranched alkanes of at least 4 members (excludes halogenated alkanes) is 4. The van der Waals surface area contributed by atoms with Crippen molar-refractivity contribution in [1.82, 2.24) is 14.7 Å². The van der Waals surface area contributed by atoms with Gasteiger partial charge in [-0.1, -0.05) is 56.0 Å². The van der Waals surface area contributed by atoms with Crippen molar-refractivity contribution >= 4 is 10.9 Å². The van der Waals surface area contributed by atoms with Crippen LogP contribution in [0.2, 0.25) is 0 Å². The van der Waals surface area contributed by atoms with Crippen molar-refractivity contribution in [2.24, 2.45) is 0 Å². The van der Waals surface area contributed by atoms with Crippen molar-refractivity contribution in [3.05, 3.63) is 36.4 Å². The third-order valence-corrected chi connectivity index (χ3v) is 5.46. The molecule has 27 heavy (non-hydrogen) atoms. The fourth-order valence-corrected chi connectivity index (χ4v) is 3.99. The Hall–Kier alpha value is -1.85. The van der Waals surface area contributed by atoms with Crippen LogP contribution in [0, 0.1) is 0 Å². The van der Waals surface area contributed by atoms with E-state index in [1.807, 2.05) is 0 Å². The molecular formula is C21H29ClN4O. The fraction of sp³-hybridized carbons (Fsp3) is 0.524. The number of benzene rings is 1. The van der Waals surface area contributed by atoms with Crippen molar-refractivity contribution in [2.75, 3.05) is 6.54 Å². The van der Waals surface area contributed by atoms with Crippen LogP contribution < -0.4 is 17.7 Å². The molecule has 2 N–H and O–H groups in total. The number of aryl methyl sites for hydroxylation is 1. The SMILES string of the molecule is CCCCCCCn1cc(-c2noc([C@@H]3CCC[NH2+]3)n2)c2ccccc21.[Cl-]. The smallest absolute Gasteiger partial charge is 0.285 e. The molecule has 5 nitrogen and oxygen atoms in total. The van der Waals surface area contributed by atoms with Crippen LogP contribution in [0.5, 0.6) is 0 Å². The number of hydrogen-bond acceptors (Lipinski definition) is 3. The van der Waals surface area contributed by atoms with Gasteiger partial charge in [0, 0.05) is 42.0 Å². The second-order valence-corrected chi connectivity index (χ2v) is 7.40. The Morgan fingerprint density at radius 3 is 2.85 bits per heavy atom. The van der Waals surface area contributed by atoms with Gasteiger partial charge in [0.2, 0.25) is 5.82 Å². The summed E-state index contributed by atoms with van der Waals surface area (Å²) in [6, 6.07) is 8.88. The highest BCUT2D eigenvalue weighted by Gasteiger charge is 2.27. The summed E-state index contributed by atoms with van der Waals surface area (Å²) in [6.07, 6.45) is 11.0. The van der Waals surface area contributed by atoms with Crippen LogP contribution in [0.3, 0.4) is 0 Å². The lowest BCUT2D eigenvalue weighted by Gasteiger charge is -2.04. The molecule has 0 saturated carbocycles. The predicted molar refractivity (Wildman–Crippen MR) is 103 cm³/mol. The Bertz CT molecular complexity index is 851. The van der Waals surface area contributed by atoms with Gasteiger partial charge in [0.05, 0.1) is 6.54 Å². The van der Waals surface area contributed by atoms with Crippen LogP contribution >= 0.6 is 0 Å². The van der Waals surface area contributed by atoms with Gasteiger partial charge in [-0.15, -0.1) is 0 Å². The zero-order chi connectivity index (χ0) is 17.8. The van der Waals surface area contributed by atoms with Gasteiger partial charge >= 0.3 is 0 Å². The molecule has 0 radical (unpaired) electrons. The number of hydrogen-bond donors (Lipinski definition) is 1. The molecule has 1 aliphatic rings. The molecule has 4 rings (SSSR count). The Morgan fingerprint density at radius 2 is 2.04 bits per heavy atom. The third-order valence-electron chi connectivity index (χ3n) is 5.46. The molecule has 1 saturated heterocycles. The monoisotopic (exact) mass is 388 g/mol. The zero-order valence-electron chi connectivity index (χ0n) is 16.0. The van der Waals surface area contributed by atoms with Gasteiger partial charge in [-0.25, -0.2) is 0 Å². The molecule has 146 valence electrons. The summed E-state index contributed by atoms with van der Waals surface area (Å²) in [4.78, 5) is 4.72. The van der Waals surface area contributed by atoms with Crippen LogP contribution in [0.25, 0.3) is 22.3 Å². The van der Waals surface area contributed by atoms with Crippen LogP contribution in [0.1, 0.15) is 63.8 Å². The molecule has 3 aromatic rings. The standard InChI is InChI=1S/C21H28N4O.ClH/c1-2-3-4-5-8-14-25-15-17(16-10-6-7-12-19(16)25)20-23-21(26-24-20)18-11-9-13-22-18;/h6-7,10,12,15,18,22H,2-5,8-9,11,13-14H2,1H3;1H/t18-;/m0./s1. The van der Waals surface area contributed by atoms with E-state index in [1.165, 1.54) is 49.4 Å². The Morgan fingerprint density at radius 1 is 1.19 bits per heavy atom. The van der Waals surface area contributed by atoms with E-state index in [4.69, 9.17) is 9.51 Å². The van der Waals surface area contributed by atoms with Gasteiger partial charge in [0.1, 0.15) is 0 Å². The quantitative estimate of drug-likeness (QED) is 0.587. The number of nitrogens with two attached hydrogens (primary N) is 1. The number of aromatic nitrogens is 3. The zero-order valence-corrected chi connectivity index (χ0v) is 16.8. The van der Waals surface area contributed by atoms with Crippen molar-refractivity contribution in [2.45, 2.75) is 64.5 Å². The summed E-state index contributed by atoms with van der Waals surface area (Å²) >= 11 is 0. The van der Waals surface area contributed by atoms with E-state index >= 15 is 0 Å². The number of rotatable bonds is 8. The molecule has 3 heterocycles. The Balaban J connectivity index is 0.00000210. The molecule has 1 fully saturated rings. The maximum Gasteiger partial charge on any atom is 0.285 e. The van der Waals surface area contributed by atoms with Gasteiger partial charge in [-0.3, -0.25) is 0 Å². The molecule has 0 amide bonds. The Labute approximate surface area is 166 Å². The summed E-state index contributed by atoms with van der Waals surface area (Å²) in [6.45, 7) is 4.46. The van der Waals surface area contributed by atoms with Gasteiger partial charge in [-0.05, 0) is 12.5 Å². The summed E-state index contributed by atoms with van der Waals surface area (Å²) in [5.74, 6) is 1.50. The number of quaternary nitrogens is 1. The number of fused-ring (bicyclic) bond motifs is 1. The molecule has 1 aliphatic heterocycles. The lowest BCUT2D eigenvalue weighted by Crippen LogP contribution is -3.00. The van der Waals surface area contributed by atoms with Gasteiger partial charge in [0.15, 0.2) is 6.04 Å². The van der Waals surface area contributed by atoms with Crippen LogP contribution in [0.4, 0.5) is 0 Å². The maximum absolute atomic E-state index is 5.58. The van der Waals surface area contributed by atoms with Crippen LogP contribution in [-0.4, -0.2) is 21.3 Å². The van der Waals surface area contributed by atoms with Crippen molar-refractivity contribution in [3.63, 3.8) is 0 Å². The Kier molecular flexibility index (Phi) is 6.91. The summed E-state index contributed by atoms with van der Waals surface area (Å²) in [5.41, 5.74) is 2.35. The number of nitrogens with zero attached hydrogens (tertiary/aromatic N) is 3. The summed E-state index contributed by atoms with van der Waals surface area (Å²) < 4.78 is 7.94. The van der Waals surface area contributed by atoms with Crippen molar-refractivity contribution in [3.8, 4) is 11.4 Å². The highest BCUT2D eigenvalue weighted by Crippen LogP contribution is 2.30. The molecule has 0 aliphatic carbocycles. The minimum absolute atomic E-state index is 0. The van der Waals surface area contributed by atoms with Crippen molar-refractivity contribution < 1.29 is 22.2 Å². The minimum Gasteiger partial charge on any atom is -1.00 e. The molecule has 6 heteroatoms. The second-order valence-electron chi connectivity index (χ2n) is 7.40. The van der Waals surface area contributed by atoms with Gasteiger partial charge < -0.3 is 26.8 Å². The molecule has 2 aromatic heterocycles. The number of halogens is 1. The van der Waals surface area contributed by atoms with E-state index in [-0.39, 0.29) is 12.4 Å². The topological polar surface area (TPSA) is 60.5 Å². The predicted octanol–water partition coefficient (Wildman–Crippen LogP) is 1.06. The van der Waals surface area contributed by atoms with Gasteiger partial charge in [-0.2, -0.15) is 4.98 Å². The van der Waals surface area contributed by atoms with E-state index in [0.717, 1.165) is 36.8 Å². The molecule has 1 atom stereocenters. The average Bonchev–Trinajstić information content (AvgIpc) is 3.41. The average molecular weight is 389 g/mol. The first-order valence-electron chi connectivity index (χ1n) is 10.1. The lowest BCUT2D eigenvalue weighted by atomic mass is 10.1. The normalized spacial score (nSPS) is 16.7. The molecule has 1 aromatic carbocycles. The molecule has 0 unspecified atom stereocenters. The first-order valence-corrected chi connectivity index (χ1v) is 10.1. The molecule has 0 spiro atoms. The first kappa shape index (κ1) is 19.9. The number of para-hydroxylation sites is 1. The van der Waals surface area contributed by atoms with Gasteiger partial charge in [0.25, 0.3) is 5.89 Å². The van der Waals surface area contributed by atoms with E-state index in [1.54, 1.807) is 0 Å². The summed E-state index contributed by atoms with van der Waals surface area (Å²) in [5, 5.41) is 7.81. The highest BCUT2D eigenvalue weighted by molar-refractivity contribution is 5.94. The largest absolute Gasteiger partial charge is 1.00 e. The first-order chi connectivity index (χ1) is 12.9. The fourth-order valence-electron chi connectivity index (χ4n) is 3.99. The molecular weight excluding hydrogens is 360 g/mol. The lowest BCUT2D eigenvalue weighted by molar-refractivity contribution is -0.678. The van der Waals surface area contributed by atoms with Crippen LogP contribution in [-0.2, 0) is 6.54 Å². The van der Waals surface area contributed by atoms with Crippen LogP contribution in [0.15, 0.2) is 35.0 Å². The van der Waals surface area contributed by atoms with E-state index in [0.29, 0.717) is 6.04 Å².